The minimum absolute atomic E-state index is 0.0583. The van der Waals surface area contributed by atoms with Gasteiger partial charge in [-0.25, -0.2) is 4.39 Å². The highest BCUT2D eigenvalue weighted by Crippen LogP contribution is 2.09. The fourth-order valence-corrected chi connectivity index (χ4v) is 2.07. The van der Waals surface area contributed by atoms with E-state index >= 15 is 0 Å². The van der Waals surface area contributed by atoms with Crippen LogP contribution in [0.4, 0.5) is 4.39 Å². The van der Waals surface area contributed by atoms with Crippen LogP contribution in [0.2, 0.25) is 0 Å². The maximum Gasteiger partial charge on any atom is 0.227 e. The first kappa shape index (κ1) is 14.3. The first-order chi connectivity index (χ1) is 9.69. The molecule has 20 heavy (non-hydrogen) atoms. The summed E-state index contributed by atoms with van der Waals surface area (Å²) in [6, 6.07) is 16.0. The molecule has 2 aromatic carbocycles. The summed E-state index contributed by atoms with van der Waals surface area (Å²) in [7, 11) is 0. The van der Waals surface area contributed by atoms with Gasteiger partial charge >= 0.3 is 0 Å². The second-order valence-corrected chi connectivity index (χ2v) is 4.70. The summed E-state index contributed by atoms with van der Waals surface area (Å²) < 4.78 is 12.8. The van der Waals surface area contributed by atoms with Crippen molar-refractivity contribution < 1.29 is 9.18 Å². The summed E-state index contributed by atoms with van der Waals surface area (Å²) in [6.07, 6.45) is 0.307. The van der Waals surface area contributed by atoms with Crippen LogP contribution in [0.25, 0.3) is 0 Å². The van der Waals surface area contributed by atoms with Crippen LogP contribution in [0.5, 0.6) is 0 Å². The van der Waals surface area contributed by atoms with E-state index in [0.29, 0.717) is 19.5 Å². The number of benzene rings is 2. The van der Waals surface area contributed by atoms with Crippen molar-refractivity contribution in [2.75, 3.05) is 6.54 Å². The van der Waals surface area contributed by atoms with Crippen molar-refractivity contribution in [1.82, 2.24) is 4.90 Å². The highest BCUT2D eigenvalue weighted by Gasteiger charge is 2.12. The third kappa shape index (κ3) is 3.92. The van der Waals surface area contributed by atoms with E-state index in [-0.39, 0.29) is 11.7 Å². The van der Waals surface area contributed by atoms with Crippen molar-refractivity contribution in [2.45, 2.75) is 19.9 Å². The Morgan fingerprint density at radius 2 is 1.65 bits per heavy atom. The lowest BCUT2D eigenvalue weighted by molar-refractivity contribution is -0.130. The van der Waals surface area contributed by atoms with Crippen LogP contribution >= 0.6 is 0 Å². The Morgan fingerprint density at radius 3 is 2.25 bits per heavy atom. The quantitative estimate of drug-likeness (QED) is 0.816. The van der Waals surface area contributed by atoms with E-state index in [4.69, 9.17) is 0 Å². The highest BCUT2D eigenvalue weighted by molar-refractivity contribution is 5.78. The van der Waals surface area contributed by atoms with Gasteiger partial charge in [-0.3, -0.25) is 4.79 Å². The van der Waals surface area contributed by atoms with Crippen LogP contribution in [0.15, 0.2) is 54.6 Å². The maximum atomic E-state index is 12.8. The molecule has 0 saturated carbocycles. The molecular formula is C17H18FNO. The van der Waals surface area contributed by atoms with E-state index in [9.17, 15) is 9.18 Å². The Bertz CT molecular complexity index is 551. The van der Waals surface area contributed by atoms with Crippen LogP contribution in [0.1, 0.15) is 18.1 Å². The van der Waals surface area contributed by atoms with Gasteiger partial charge < -0.3 is 4.90 Å². The first-order valence-electron chi connectivity index (χ1n) is 6.75. The molecule has 0 radical (unpaired) electrons. The fourth-order valence-electron chi connectivity index (χ4n) is 2.07. The van der Waals surface area contributed by atoms with Gasteiger partial charge in [0.2, 0.25) is 5.91 Å². The first-order valence-corrected chi connectivity index (χ1v) is 6.75. The smallest absolute Gasteiger partial charge is 0.227 e. The van der Waals surface area contributed by atoms with Crippen LogP contribution < -0.4 is 0 Å². The molecule has 0 atom stereocenters. The summed E-state index contributed by atoms with van der Waals surface area (Å²) in [4.78, 5) is 14.1. The molecule has 3 heteroatoms. The van der Waals surface area contributed by atoms with Gasteiger partial charge in [0, 0.05) is 13.1 Å². The second kappa shape index (κ2) is 6.85. The number of rotatable bonds is 5. The maximum absolute atomic E-state index is 12.8. The molecule has 0 fully saturated rings. The lowest BCUT2D eigenvalue weighted by Crippen LogP contribution is -2.31. The summed E-state index contributed by atoms with van der Waals surface area (Å²) >= 11 is 0. The Balaban J connectivity index is 2.00. The van der Waals surface area contributed by atoms with E-state index in [1.807, 2.05) is 37.3 Å². The molecule has 104 valence electrons. The number of hydrogen-bond donors (Lipinski definition) is 0. The summed E-state index contributed by atoms with van der Waals surface area (Å²) in [5.74, 6) is -0.221. The molecule has 0 aromatic heterocycles. The molecule has 0 heterocycles. The molecule has 2 rings (SSSR count). The highest BCUT2D eigenvalue weighted by atomic mass is 19.1. The van der Waals surface area contributed by atoms with Crippen molar-refractivity contribution in [3.05, 3.63) is 71.5 Å². The second-order valence-electron chi connectivity index (χ2n) is 4.70. The number of halogens is 1. The van der Waals surface area contributed by atoms with Crippen molar-refractivity contribution in [3.8, 4) is 0 Å². The lowest BCUT2D eigenvalue weighted by Gasteiger charge is -2.21. The van der Waals surface area contributed by atoms with Gasteiger partial charge in [0.15, 0.2) is 0 Å². The third-order valence-electron chi connectivity index (χ3n) is 3.22. The molecule has 2 nitrogen and oxygen atoms in total. The van der Waals surface area contributed by atoms with Crippen molar-refractivity contribution in [3.63, 3.8) is 0 Å². The molecule has 0 unspecified atom stereocenters. The SMILES string of the molecule is CCN(Cc1ccccc1)C(=O)Cc1ccc(F)cc1. The molecule has 0 aliphatic heterocycles. The number of likely N-dealkylation sites (N-methyl/N-ethyl adjacent to an activating group) is 1. The molecule has 0 saturated heterocycles. The molecule has 1 amide bonds. The number of carbonyl (C=O) groups is 1. The largest absolute Gasteiger partial charge is 0.338 e. The molecule has 0 aliphatic carbocycles. The molecular weight excluding hydrogens is 253 g/mol. The fraction of sp³-hybridized carbons (Fsp3) is 0.235. The van der Waals surface area contributed by atoms with Gasteiger partial charge in [0.05, 0.1) is 6.42 Å². The van der Waals surface area contributed by atoms with Crippen molar-refractivity contribution in [1.29, 1.82) is 0 Å². The minimum atomic E-state index is -0.280. The average molecular weight is 271 g/mol. The van der Waals surface area contributed by atoms with Crippen LogP contribution in [-0.4, -0.2) is 17.4 Å². The third-order valence-corrected chi connectivity index (χ3v) is 3.22. The zero-order chi connectivity index (χ0) is 14.4. The number of amides is 1. The van der Waals surface area contributed by atoms with E-state index in [1.54, 1.807) is 17.0 Å². The van der Waals surface area contributed by atoms with Crippen LogP contribution in [0, 0.1) is 5.82 Å². The summed E-state index contributed by atoms with van der Waals surface area (Å²) in [5.41, 5.74) is 1.95. The zero-order valence-corrected chi connectivity index (χ0v) is 11.6. The zero-order valence-electron chi connectivity index (χ0n) is 11.6. The van der Waals surface area contributed by atoms with E-state index in [2.05, 4.69) is 0 Å². The molecule has 0 N–H and O–H groups in total. The van der Waals surface area contributed by atoms with E-state index < -0.39 is 0 Å². The number of hydrogen-bond acceptors (Lipinski definition) is 1. The Hall–Kier alpha value is -2.16. The van der Waals surface area contributed by atoms with Gasteiger partial charge in [-0.05, 0) is 30.2 Å². The summed E-state index contributed by atoms with van der Waals surface area (Å²) in [6.45, 7) is 3.23. The van der Waals surface area contributed by atoms with Gasteiger partial charge in [-0.15, -0.1) is 0 Å². The standard InChI is InChI=1S/C17H18FNO/c1-2-19(13-15-6-4-3-5-7-15)17(20)12-14-8-10-16(18)11-9-14/h3-11H,2,12-13H2,1H3. The lowest BCUT2D eigenvalue weighted by atomic mass is 10.1. The van der Waals surface area contributed by atoms with E-state index in [0.717, 1.165) is 11.1 Å². The molecule has 0 bridgehead atoms. The molecule has 0 spiro atoms. The average Bonchev–Trinajstić information content (AvgIpc) is 2.48. The Labute approximate surface area is 118 Å². The normalized spacial score (nSPS) is 10.3. The van der Waals surface area contributed by atoms with Crippen LogP contribution in [0.3, 0.4) is 0 Å². The summed E-state index contributed by atoms with van der Waals surface area (Å²) in [5, 5.41) is 0. The van der Waals surface area contributed by atoms with Gasteiger partial charge in [0.25, 0.3) is 0 Å². The number of carbonyl (C=O) groups excluding carboxylic acids is 1. The van der Waals surface area contributed by atoms with Gasteiger partial charge in [-0.1, -0.05) is 42.5 Å². The number of nitrogens with zero attached hydrogens (tertiary/aromatic N) is 1. The van der Waals surface area contributed by atoms with Gasteiger partial charge in [-0.2, -0.15) is 0 Å². The Kier molecular flexibility index (Phi) is 4.88. The predicted molar refractivity (Wildman–Crippen MR) is 77.6 cm³/mol. The minimum Gasteiger partial charge on any atom is -0.338 e. The predicted octanol–water partition coefficient (Wildman–Crippen LogP) is 3.42. The Morgan fingerprint density at radius 1 is 1.00 bits per heavy atom. The topological polar surface area (TPSA) is 20.3 Å². The van der Waals surface area contributed by atoms with Gasteiger partial charge in [0.1, 0.15) is 5.82 Å². The van der Waals surface area contributed by atoms with Crippen molar-refractivity contribution >= 4 is 5.91 Å². The van der Waals surface area contributed by atoms with Crippen LogP contribution in [-0.2, 0) is 17.8 Å². The molecule has 2 aromatic rings. The molecule has 0 aliphatic rings. The van der Waals surface area contributed by atoms with E-state index in [1.165, 1.54) is 12.1 Å². The monoisotopic (exact) mass is 271 g/mol. The van der Waals surface area contributed by atoms with Crippen molar-refractivity contribution in [2.24, 2.45) is 0 Å².